The van der Waals surface area contributed by atoms with E-state index in [1.165, 1.54) is 10.9 Å². The van der Waals surface area contributed by atoms with E-state index in [1.54, 1.807) is 29.5 Å². The Morgan fingerprint density at radius 1 is 1.26 bits per heavy atom. The summed E-state index contributed by atoms with van der Waals surface area (Å²) in [4.78, 5) is 1.39. The fourth-order valence-electron chi connectivity index (χ4n) is 1.88. The molecule has 1 aromatic heterocycles. The molecule has 0 amide bonds. The summed E-state index contributed by atoms with van der Waals surface area (Å²) < 4.78 is 23.0. The van der Waals surface area contributed by atoms with Crippen molar-refractivity contribution in [1.29, 1.82) is 0 Å². The maximum atomic E-state index is 11.5. The molecule has 1 unspecified atom stereocenters. The van der Waals surface area contributed by atoms with Crippen LogP contribution in [-0.4, -0.2) is 14.5 Å². The van der Waals surface area contributed by atoms with Gasteiger partial charge in [0.15, 0.2) is 0 Å². The lowest BCUT2D eigenvalue weighted by molar-refractivity contribution is 0.598. The van der Waals surface area contributed by atoms with Gasteiger partial charge in [0.1, 0.15) is 4.90 Å². The Balaban J connectivity index is 2.15. The standard InChI is InChI=1S/C13H16N2O2S2/c1-10(9-11-5-4-8-18-11)15-12-6-2-3-7-13(12)19(14,16)17/h2-8,10,15H,9H2,1H3,(H2,14,16,17). The molecular weight excluding hydrogens is 280 g/mol. The Kier molecular flexibility index (Phi) is 4.24. The Labute approximate surface area is 117 Å². The lowest BCUT2D eigenvalue weighted by Gasteiger charge is -2.16. The SMILES string of the molecule is CC(Cc1cccs1)Nc1ccccc1S(N)(=O)=O. The number of anilines is 1. The summed E-state index contributed by atoms with van der Waals surface area (Å²) in [7, 11) is -3.70. The number of thiophene rings is 1. The average molecular weight is 296 g/mol. The van der Waals surface area contributed by atoms with Gasteiger partial charge in [0.25, 0.3) is 0 Å². The Hall–Kier alpha value is -1.37. The van der Waals surface area contributed by atoms with E-state index in [2.05, 4.69) is 11.4 Å². The summed E-state index contributed by atoms with van der Waals surface area (Å²) in [6, 6.07) is 10.9. The van der Waals surface area contributed by atoms with Crippen LogP contribution in [0.4, 0.5) is 5.69 Å². The van der Waals surface area contributed by atoms with Crippen molar-refractivity contribution in [3.8, 4) is 0 Å². The van der Waals surface area contributed by atoms with Crippen molar-refractivity contribution in [2.75, 3.05) is 5.32 Å². The molecule has 1 aromatic carbocycles. The fourth-order valence-corrected chi connectivity index (χ4v) is 3.42. The van der Waals surface area contributed by atoms with Gasteiger partial charge in [0, 0.05) is 17.3 Å². The molecule has 0 aliphatic rings. The lowest BCUT2D eigenvalue weighted by atomic mass is 10.2. The molecule has 102 valence electrons. The molecule has 0 saturated heterocycles. The smallest absolute Gasteiger partial charge is 0.240 e. The predicted molar refractivity (Wildman–Crippen MR) is 78.9 cm³/mol. The second kappa shape index (κ2) is 5.73. The number of rotatable bonds is 5. The topological polar surface area (TPSA) is 72.2 Å². The zero-order chi connectivity index (χ0) is 13.9. The lowest BCUT2D eigenvalue weighted by Crippen LogP contribution is -2.21. The van der Waals surface area contributed by atoms with E-state index in [9.17, 15) is 8.42 Å². The molecule has 0 fully saturated rings. The molecule has 0 aliphatic carbocycles. The molecular formula is C13H16N2O2S2. The van der Waals surface area contributed by atoms with E-state index in [0.717, 1.165) is 6.42 Å². The van der Waals surface area contributed by atoms with Crippen LogP contribution in [-0.2, 0) is 16.4 Å². The van der Waals surface area contributed by atoms with Crippen molar-refractivity contribution >= 4 is 27.0 Å². The van der Waals surface area contributed by atoms with Crippen LogP contribution in [0.2, 0.25) is 0 Å². The van der Waals surface area contributed by atoms with Gasteiger partial charge in [-0.05, 0) is 30.5 Å². The maximum Gasteiger partial charge on any atom is 0.240 e. The first-order chi connectivity index (χ1) is 8.97. The van der Waals surface area contributed by atoms with E-state index in [-0.39, 0.29) is 10.9 Å². The zero-order valence-corrected chi connectivity index (χ0v) is 12.2. The van der Waals surface area contributed by atoms with Crippen molar-refractivity contribution in [2.45, 2.75) is 24.3 Å². The molecule has 6 heteroatoms. The molecule has 0 bridgehead atoms. The number of para-hydroxylation sites is 1. The van der Waals surface area contributed by atoms with Crippen LogP contribution in [0.5, 0.6) is 0 Å². The van der Waals surface area contributed by atoms with Gasteiger partial charge in [-0.3, -0.25) is 0 Å². The van der Waals surface area contributed by atoms with Crippen LogP contribution >= 0.6 is 11.3 Å². The van der Waals surface area contributed by atoms with Crippen molar-refractivity contribution in [3.05, 3.63) is 46.7 Å². The maximum absolute atomic E-state index is 11.5. The highest BCUT2D eigenvalue weighted by Crippen LogP contribution is 2.21. The van der Waals surface area contributed by atoms with Crippen LogP contribution in [0.25, 0.3) is 0 Å². The van der Waals surface area contributed by atoms with Gasteiger partial charge in [0.2, 0.25) is 10.0 Å². The Morgan fingerprint density at radius 2 is 2.00 bits per heavy atom. The molecule has 0 saturated carbocycles. The van der Waals surface area contributed by atoms with Gasteiger partial charge < -0.3 is 5.32 Å². The summed E-state index contributed by atoms with van der Waals surface area (Å²) in [6.45, 7) is 2.01. The van der Waals surface area contributed by atoms with Crippen LogP contribution in [0.3, 0.4) is 0 Å². The number of sulfonamides is 1. The largest absolute Gasteiger partial charge is 0.381 e. The first-order valence-corrected chi connectivity index (χ1v) is 8.30. The van der Waals surface area contributed by atoms with Gasteiger partial charge in [-0.1, -0.05) is 18.2 Å². The van der Waals surface area contributed by atoms with E-state index in [1.807, 2.05) is 18.4 Å². The van der Waals surface area contributed by atoms with Crippen LogP contribution in [0, 0.1) is 0 Å². The van der Waals surface area contributed by atoms with E-state index < -0.39 is 10.0 Å². The minimum atomic E-state index is -3.70. The molecule has 0 radical (unpaired) electrons. The second-order valence-electron chi connectivity index (χ2n) is 4.37. The van der Waals surface area contributed by atoms with Gasteiger partial charge in [-0.2, -0.15) is 0 Å². The highest BCUT2D eigenvalue weighted by Gasteiger charge is 2.14. The summed E-state index contributed by atoms with van der Waals surface area (Å²) in [5.74, 6) is 0. The summed E-state index contributed by atoms with van der Waals surface area (Å²) in [5.41, 5.74) is 0.550. The average Bonchev–Trinajstić information content (AvgIpc) is 2.81. The summed E-state index contributed by atoms with van der Waals surface area (Å²) in [6.07, 6.45) is 0.844. The molecule has 1 atom stereocenters. The minimum absolute atomic E-state index is 0.126. The van der Waals surface area contributed by atoms with Crippen molar-refractivity contribution in [2.24, 2.45) is 5.14 Å². The van der Waals surface area contributed by atoms with Gasteiger partial charge in [0.05, 0.1) is 5.69 Å². The first kappa shape index (κ1) is 14.0. The second-order valence-corrected chi connectivity index (χ2v) is 6.93. The number of benzene rings is 1. The highest BCUT2D eigenvalue weighted by molar-refractivity contribution is 7.89. The number of hydrogen-bond acceptors (Lipinski definition) is 4. The normalized spacial score (nSPS) is 13.2. The first-order valence-electron chi connectivity index (χ1n) is 5.87. The van der Waals surface area contributed by atoms with Crippen molar-refractivity contribution in [1.82, 2.24) is 0 Å². The van der Waals surface area contributed by atoms with E-state index >= 15 is 0 Å². The number of nitrogens with two attached hydrogens (primary N) is 1. The van der Waals surface area contributed by atoms with Crippen molar-refractivity contribution in [3.63, 3.8) is 0 Å². The molecule has 0 spiro atoms. The number of hydrogen-bond donors (Lipinski definition) is 2. The summed E-state index contributed by atoms with van der Waals surface area (Å²) in [5, 5.41) is 10.4. The third kappa shape index (κ3) is 3.79. The Bertz CT molecular complexity index is 636. The molecule has 0 aliphatic heterocycles. The van der Waals surface area contributed by atoms with Gasteiger partial charge >= 0.3 is 0 Å². The molecule has 2 aromatic rings. The van der Waals surface area contributed by atoms with Crippen molar-refractivity contribution < 1.29 is 8.42 Å². The molecule has 19 heavy (non-hydrogen) atoms. The quantitative estimate of drug-likeness (QED) is 0.890. The summed E-state index contributed by atoms with van der Waals surface area (Å²) >= 11 is 1.69. The molecule has 1 heterocycles. The van der Waals surface area contributed by atoms with Gasteiger partial charge in [-0.25, -0.2) is 13.6 Å². The third-order valence-corrected chi connectivity index (χ3v) is 4.55. The highest BCUT2D eigenvalue weighted by atomic mass is 32.2. The van der Waals surface area contributed by atoms with Crippen LogP contribution in [0.15, 0.2) is 46.7 Å². The van der Waals surface area contributed by atoms with E-state index in [0.29, 0.717) is 5.69 Å². The number of primary sulfonamides is 1. The fraction of sp³-hybridized carbons (Fsp3) is 0.231. The molecule has 3 N–H and O–H groups in total. The van der Waals surface area contributed by atoms with E-state index in [4.69, 9.17) is 5.14 Å². The third-order valence-electron chi connectivity index (χ3n) is 2.68. The predicted octanol–water partition coefficient (Wildman–Crippen LogP) is 2.44. The Morgan fingerprint density at radius 3 is 2.63 bits per heavy atom. The van der Waals surface area contributed by atoms with Crippen LogP contribution < -0.4 is 10.5 Å². The van der Waals surface area contributed by atoms with Gasteiger partial charge in [-0.15, -0.1) is 11.3 Å². The number of nitrogens with one attached hydrogen (secondary N) is 1. The zero-order valence-electron chi connectivity index (χ0n) is 10.5. The van der Waals surface area contributed by atoms with Crippen LogP contribution in [0.1, 0.15) is 11.8 Å². The molecule has 4 nitrogen and oxygen atoms in total. The molecule has 2 rings (SSSR count). The monoisotopic (exact) mass is 296 g/mol. The minimum Gasteiger partial charge on any atom is -0.381 e.